The zero-order valence-corrected chi connectivity index (χ0v) is 24.2. The van der Waals surface area contributed by atoms with Crippen LogP contribution in [0.15, 0.2) is 96.7 Å². The number of hydrogen-bond acceptors (Lipinski definition) is 7. The van der Waals surface area contributed by atoms with Gasteiger partial charge in [-0.3, -0.25) is 15.0 Å². The summed E-state index contributed by atoms with van der Waals surface area (Å²) in [5.41, 5.74) is 3.54. The Morgan fingerprint density at radius 3 is 2.20 bits per heavy atom. The van der Waals surface area contributed by atoms with Crippen molar-refractivity contribution in [1.29, 1.82) is 0 Å². The van der Waals surface area contributed by atoms with E-state index < -0.39 is 42.3 Å². The average molecular weight is 591 g/mol. The number of urea groups is 1. The summed E-state index contributed by atoms with van der Waals surface area (Å²) in [4.78, 5) is 53.2. The number of carbonyl (C=O) groups is 4. The lowest BCUT2D eigenvalue weighted by atomic mass is 10.0. The molecular weight excluding hydrogens is 560 g/mol. The van der Waals surface area contributed by atoms with E-state index in [9.17, 15) is 19.2 Å². The molecule has 3 atom stereocenters. The Bertz CT molecular complexity index is 1770. The summed E-state index contributed by atoms with van der Waals surface area (Å²) < 4.78 is 17.6. The van der Waals surface area contributed by atoms with Gasteiger partial charge in [-0.2, -0.15) is 0 Å². The van der Waals surface area contributed by atoms with Gasteiger partial charge in [-0.05, 0) is 60.5 Å². The predicted octanol–water partition coefficient (Wildman–Crippen LogP) is 5.55. The number of aryl methyl sites for hydroxylation is 2. The van der Waals surface area contributed by atoms with Gasteiger partial charge < -0.3 is 14.2 Å². The molecule has 1 unspecified atom stereocenters. The van der Waals surface area contributed by atoms with Gasteiger partial charge in [-0.25, -0.2) is 14.4 Å². The minimum absolute atomic E-state index is 0.0535. The second kappa shape index (κ2) is 12.1. The van der Waals surface area contributed by atoms with Crippen LogP contribution in [0.2, 0.25) is 0 Å². The summed E-state index contributed by atoms with van der Waals surface area (Å²) in [6, 6.07) is 26.6. The van der Waals surface area contributed by atoms with Crippen LogP contribution >= 0.6 is 0 Å². The van der Waals surface area contributed by atoms with E-state index in [1.54, 1.807) is 54.6 Å². The van der Waals surface area contributed by atoms with Crippen LogP contribution < -0.4 is 5.32 Å². The standard InChI is InChI=1S/C35H30N2O7/c1-21-10-14-24(15-11-21)33(39)42-20-30-29(44-34(40)25-16-12-22(2)13-17-25)19-31(43-30)37-28(32(38)36-35(37)41)18-26-8-5-7-23-6-3-4-9-27(23)26/h3-18,29-31H,19-20H2,1-2H3,(H,36,38,41)/b28-18-/t29-,30+,31?/m0/s1. The van der Waals surface area contributed by atoms with Crippen molar-refractivity contribution < 1.29 is 33.4 Å². The topological polar surface area (TPSA) is 111 Å². The predicted molar refractivity (Wildman–Crippen MR) is 162 cm³/mol. The second-order valence-electron chi connectivity index (χ2n) is 10.9. The number of nitrogens with one attached hydrogen (secondary N) is 1. The molecule has 6 rings (SSSR count). The van der Waals surface area contributed by atoms with E-state index in [0.29, 0.717) is 11.1 Å². The third-order valence-corrected chi connectivity index (χ3v) is 7.73. The van der Waals surface area contributed by atoms with E-state index in [1.807, 2.05) is 56.3 Å². The maximum atomic E-state index is 13.1. The number of fused-ring (bicyclic) bond motifs is 1. The Morgan fingerprint density at radius 1 is 0.864 bits per heavy atom. The Kier molecular flexibility index (Phi) is 7.95. The molecule has 222 valence electrons. The van der Waals surface area contributed by atoms with Crippen molar-refractivity contribution in [3.05, 3.63) is 125 Å². The molecule has 0 aliphatic carbocycles. The highest BCUT2D eigenvalue weighted by molar-refractivity contribution is 6.14. The van der Waals surface area contributed by atoms with Crippen LogP contribution in [0.5, 0.6) is 0 Å². The fourth-order valence-electron chi connectivity index (χ4n) is 5.34. The summed E-state index contributed by atoms with van der Waals surface area (Å²) in [5, 5.41) is 4.24. The van der Waals surface area contributed by atoms with E-state index in [1.165, 1.54) is 4.90 Å². The van der Waals surface area contributed by atoms with Gasteiger partial charge in [0.05, 0.1) is 11.1 Å². The molecule has 2 aliphatic heterocycles. The molecule has 44 heavy (non-hydrogen) atoms. The van der Waals surface area contributed by atoms with Crippen molar-refractivity contribution in [2.75, 3.05) is 6.61 Å². The van der Waals surface area contributed by atoms with E-state index in [4.69, 9.17) is 14.2 Å². The minimum Gasteiger partial charge on any atom is -0.459 e. The van der Waals surface area contributed by atoms with Crippen LogP contribution in [0, 0.1) is 13.8 Å². The van der Waals surface area contributed by atoms with Crippen LogP contribution in [0.1, 0.15) is 43.8 Å². The highest BCUT2D eigenvalue weighted by atomic mass is 16.6. The maximum Gasteiger partial charge on any atom is 0.338 e. The molecule has 2 saturated heterocycles. The smallest absolute Gasteiger partial charge is 0.338 e. The number of hydrogen-bond donors (Lipinski definition) is 1. The lowest BCUT2D eigenvalue weighted by Crippen LogP contribution is -2.37. The lowest BCUT2D eigenvalue weighted by Gasteiger charge is -2.23. The molecule has 2 heterocycles. The van der Waals surface area contributed by atoms with Gasteiger partial charge in [0.25, 0.3) is 5.91 Å². The molecular formula is C35H30N2O7. The quantitative estimate of drug-likeness (QED) is 0.171. The number of rotatable bonds is 7. The van der Waals surface area contributed by atoms with Crippen LogP contribution in [0.25, 0.3) is 16.8 Å². The van der Waals surface area contributed by atoms with Gasteiger partial charge in [0.15, 0.2) is 0 Å². The van der Waals surface area contributed by atoms with Gasteiger partial charge in [-0.15, -0.1) is 0 Å². The molecule has 0 saturated carbocycles. The summed E-state index contributed by atoms with van der Waals surface area (Å²) in [7, 11) is 0. The fourth-order valence-corrected chi connectivity index (χ4v) is 5.34. The van der Waals surface area contributed by atoms with Crippen molar-refractivity contribution in [2.24, 2.45) is 0 Å². The molecule has 0 spiro atoms. The Morgan fingerprint density at radius 2 is 1.50 bits per heavy atom. The van der Waals surface area contributed by atoms with Crippen LogP contribution in [-0.4, -0.2) is 53.8 Å². The lowest BCUT2D eigenvalue weighted by molar-refractivity contribution is -0.116. The summed E-state index contributed by atoms with van der Waals surface area (Å²) >= 11 is 0. The molecule has 0 radical (unpaired) electrons. The summed E-state index contributed by atoms with van der Waals surface area (Å²) in [6.07, 6.45) is -1.04. The van der Waals surface area contributed by atoms with Crippen molar-refractivity contribution in [3.63, 3.8) is 0 Å². The fraction of sp³-hybridized carbons (Fsp3) is 0.200. The Balaban J connectivity index is 1.27. The van der Waals surface area contributed by atoms with Crippen LogP contribution in [-0.2, 0) is 19.0 Å². The number of imide groups is 1. The molecule has 2 fully saturated rings. The van der Waals surface area contributed by atoms with E-state index in [-0.39, 0.29) is 18.7 Å². The first kappa shape index (κ1) is 28.8. The minimum atomic E-state index is -0.971. The van der Waals surface area contributed by atoms with Crippen molar-refractivity contribution in [2.45, 2.75) is 38.7 Å². The number of benzene rings is 4. The largest absolute Gasteiger partial charge is 0.459 e. The first-order valence-electron chi connectivity index (χ1n) is 14.3. The number of nitrogens with zero attached hydrogens (tertiary/aromatic N) is 1. The first-order valence-corrected chi connectivity index (χ1v) is 14.3. The van der Waals surface area contributed by atoms with Crippen LogP contribution in [0.4, 0.5) is 4.79 Å². The SMILES string of the molecule is Cc1ccc(C(=O)OC[C@H]2OC(N3C(=O)NC(=O)/C3=C/c3cccc4ccccc34)C[C@@H]2OC(=O)c2ccc(C)cc2)cc1. The van der Waals surface area contributed by atoms with Crippen molar-refractivity contribution >= 4 is 40.7 Å². The Hall–Kier alpha value is -5.28. The molecule has 4 aromatic rings. The first-order chi connectivity index (χ1) is 21.3. The summed E-state index contributed by atoms with van der Waals surface area (Å²) in [6.45, 7) is 3.59. The molecule has 2 aliphatic rings. The third-order valence-electron chi connectivity index (χ3n) is 7.73. The normalized spacial score (nSPS) is 20.6. The average Bonchev–Trinajstić information content (AvgIpc) is 3.54. The second-order valence-corrected chi connectivity index (χ2v) is 10.9. The third kappa shape index (κ3) is 5.95. The van der Waals surface area contributed by atoms with Gasteiger partial charge in [0.1, 0.15) is 30.7 Å². The molecule has 0 bridgehead atoms. The Labute approximate surface area is 254 Å². The van der Waals surface area contributed by atoms with Crippen molar-refractivity contribution in [3.8, 4) is 0 Å². The number of carbonyl (C=O) groups excluding carboxylic acids is 4. The number of esters is 2. The van der Waals surface area contributed by atoms with Gasteiger partial charge >= 0.3 is 18.0 Å². The highest BCUT2D eigenvalue weighted by Crippen LogP contribution is 2.33. The molecule has 9 heteroatoms. The van der Waals surface area contributed by atoms with Crippen molar-refractivity contribution in [1.82, 2.24) is 10.2 Å². The molecule has 0 aromatic heterocycles. The molecule has 1 N–H and O–H groups in total. The van der Waals surface area contributed by atoms with E-state index >= 15 is 0 Å². The van der Waals surface area contributed by atoms with E-state index in [2.05, 4.69) is 5.32 Å². The summed E-state index contributed by atoms with van der Waals surface area (Å²) in [5.74, 6) is -1.72. The highest BCUT2D eigenvalue weighted by Gasteiger charge is 2.47. The number of amides is 3. The van der Waals surface area contributed by atoms with E-state index in [0.717, 1.165) is 27.5 Å². The molecule has 9 nitrogen and oxygen atoms in total. The molecule has 3 amide bonds. The maximum absolute atomic E-state index is 13.1. The monoisotopic (exact) mass is 590 g/mol. The zero-order chi connectivity index (χ0) is 30.8. The number of ether oxygens (including phenoxy) is 3. The zero-order valence-electron chi connectivity index (χ0n) is 24.2. The molecule has 4 aromatic carbocycles. The van der Waals surface area contributed by atoms with Gasteiger partial charge in [0, 0.05) is 6.42 Å². The van der Waals surface area contributed by atoms with Gasteiger partial charge in [-0.1, -0.05) is 77.9 Å². The van der Waals surface area contributed by atoms with Gasteiger partial charge in [0.2, 0.25) is 0 Å². The van der Waals surface area contributed by atoms with Crippen LogP contribution in [0.3, 0.4) is 0 Å².